The van der Waals surface area contributed by atoms with Gasteiger partial charge in [0.1, 0.15) is 7.11 Å². The average molecular weight is 323 g/mol. The van der Waals surface area contributed by atoms with Crippen molar-refractivity contribution < 1.29 is 9.57 Å². The van der Waals surface area contributed by atoms with Crippen LogP contribution in [0.15, 0.2) is 47.6 Å². The molecule has 2 aliphatic rings. The van der Waals surface area contributed by atoms with Gasteiger partial charge in [-0.25, -0.2) is 0 Å². The molecule has 0 spiro atoms. The molecule has 2 heterocycles. The first-order chi connectivity index (χ1) is 11.8. The lowest BCUT2D eigenvalue weighted by Crippen LogP contribution is -2.39. The number of hydrogen-bond donors (Lipinski definition) is 0. The minimum absolute atomic E-state index is 0.286. The van der Waals surface area contributed by atoms with Gasteiger partial charge in [-0.2, -0.15) is 0 Å². The molecule has 126 valence electrons. The third-order valence-electron chi connectivity index (χ3n) is 5.65. The van der Waals surface area contributed by atoms with Crippen molar-refractivity contribution in [3.8, 4) is 0 Å². The highest BCUT2D eigenvalue weighted by Crippen LogP contribution is 2.46. The molecule has 24 heavy (non-hydrogen) atoms. The Morgan fingerprint density at radius 3 is 2.79 bits per heavy atom. The Kier molecular flexibility index (Phi) is 4.28. The molecule has 4 atom stereocenters. The fourth-order valence-electron chi connectivity index (χ4n) is 4.57. The molecule has 3 nitrogen and oxygen atoms in total. The van der Waals surface area contributed by atoms with Gasteiger partial charge in [-0.3, -0.25) is 0 Å². The number of hydrogen-bond acceptors (Lipinski definition) is 3. The molecule has 0 N–H and O–H groups in total. The standard InChI is InChI=1S/C21H25NO2/c1-3-19(22-23-2)21-18(13-17-10-11-20(21)24-17)16-9-8-14-6-4-5-7-15(14)12-16/h4-9,12,17-18,20-21H,3,10-11,13H2,1-2H3/t17?,18-,20-,21+/m0/s1. The van der Waals surface area contributed by atoms with E-state index in [0.29, 0.717) is 17.9 Å². The van der Waals surface area contributed by atoms with Gasteiger partial charge in [-0.15, -0.1) is 0 Å². The van der Waals surface area contributed by atoms with E-state index in [9.17, 15) is 0 Å². The van der Waals surface area contributed by atoms with Crippen LogP contribution in [0.2, 0.25) is 0 Å². The Hall–Kier alpha value is -1.87. The largest absolute Gasteiger partial charge is 0.399 e. The first kappa shape index (κ1) is 15.6. The molecule has 1 unspecified atom stereocenters. The van der Waals surface area contributed by atoms with Crippen molar-refractivity contribution in [1.29, 1.82) is 0 Å². The summed E-state index contributed by atoms with van der Waals surface area (Å²) < 4.78 is 6.24. The zero-order valence-electron chi connectivity index (χ0n) is 14.4. The second-order valence-electron chi connectivity index (χ2n) is 6.97. The summed E-state index contributed by atoms with van der Waals surface area (Å²) in [4.78, 5) is 5.14. The molecule has 2 aromatic rings. The number of rotatable bonds is 4. The molecule has 2 aliphatic heterocycles. The maximum atomic E-state index is 6.24. The summed E-state index contributed by atoms with van der Waals surface area (Å²) in [5.41, 5.74) is 2.55. The highest BCUT2D eigenvalue weighted by Gasteiger charge is 2.45. The number of nitrogens with zero attached hydrogens (tertiary/aromatic N) is 1. The summed E-state index contributed by atoms with van der Waals surface area (Å²) in [5.74, 6) is 0.796. The maximum absolute atomic E-state index is 6.24. The third-order valence-corrected chi connectivity index (χ3v) is 5.65. The van der Waals surface area contributed by atoms with E-state index < -0.39 is 0 Å². The van der Waals surface area contributed by atoms with Crippen LogP contribution in [-0.4, -0.2) is 25.0 Å². The SMILES string of the molecule is CCC(=NOC)[C@@H]1[C@@H]2CCC(C[C@H]1c1ccc3ccccc3c1)O2. The topological polar surface area (TPSA) is 30.8 Å². The summed E-state index contributed by atoms with van der Waals surface area (Å²) in [6.07, 6.45) is 5.00. The zero-order valence-corrected chi connectivity index (χ0v) is 14.4. The second kappa shape index (κ2) is 6.56. The lowest BCUT2D eigenvalue weighted by Gasteiger charge is -2.37. The molecule has 2 saturated heterocycles. The summed E-state index contributed by atoms with van der Waals surface area (Å²) >= 11 is 0. The minimum atomic E-state index is 0.286. The highest BCUT2D eigenvalue weighted by molar-refractivity contribution is 5.88. The third kappa shape index (κ3) is 2.71. The van der Waals surface area contributed by atoms with E-state index in [1.54, 1.807) is 7.11 Å². The lowest BCUT2D eigenvalue weighted by molar-refractivity contribution is -0.0248. The van der Waals surface area contributed by atoms with Gasteiger partial charge in [0.25, 0.3) is 0 Å². The van der Waals surface area contributed by atoms with Crippen molar-refractivity contribution in [3.63, 3.8) is 0 Å². The number of benzene rings is 2. The Morgan fingerprint density at radius 1 is 1.17 bits per heavy atom. The van der Waals surface area contributed by atoms with Crippen molar-refractivity contribution in [2.24, 2.45) is 11.1 Å². The van der Waals surface area contributed by atoms with E-state index in [1.807, 2.05) is 0 Å². The summed E-state index contributed by atoms with van der Waals surface area (Å²) in [6, 6.07) is 15.5. The van der Waals surface area contributed by atoms with Gasteiger partial charge in [-0.1, -0.05) is 54.5 Å². The van der Waals surface area contributed by atoms with E-state index in [1.165, 1.54) is 22.8 Å². The molecular weight excluding hydrogens is 298 g/mol. The van der Waals surface area contributed by atoms with Gasteiger partial charge < -0.3 is 9.57 Å². The van der Waals surface area contributed by atoms with Crippen LogP contribution in [0.25, 0.3) is 10.8 Å². The Labute approximate surface area is 143 Å². The van der Waals surface area contributed by atoms with E-state index >= 15 is 0 Å². The van der Waals surface area contributed by atoms with Gasteiger partial charge in [0.15, 0.2) is 0 Å². The molecule has 3 heteroatoms. The van der Waals surface area contributed by atoms with Gasteiger partial charge in [0, 0.05) is 5.92 Å². The zero-order chi connectivity index (χ0) is 16.5. The van der Waals surface area contributed by atoms with E-state index in [0.717, 1.165) is 25.0 Å². The van der Waals surface area contributed by atoms with Crippen LogP contribution in [0.3, 0.4) is 0 Å². The predicted octanol–water partition coefficient (Wildman–Crippen LogP) is 4.90. The van der Waals surface area contributed by atoms with Crippen LogP contribution in [-0.2, 0) is 9.57 Å². The quantitative estimate of drug-likeness (QED) is 0.591. The second-order valence-corrected chi connectivity index (χ2v) is 6.97. The molecule has 0 aliphatic carbocycles. The number of fused-ring (bicyclic) bond motifs is 3. The van der Waals surface area contributed by atoms with Crippen LogP contribution in [0.1, 0.15) is 44.1 Å². The van der Waals surface area contributed by atoms with Crippen molar-refractivity contribution in [1.82, 2.24) is 0 Å². The highest BCUT2D eigenvalue weighted by atomic mass is 16.6. The molecule has 2 aromatic carbocycles. The number of ether oxygens (including phenoxy) is 1. The first-order valence-corrected chi connectivity index (χ1v) is 9.04. The van der Waals surface area contributed by atoms with Crippen molar-refractivity contribution in [2.75, 3.05) is 7.11 Å². The predicted molar refractivity (Wildman–Crippen MR) is 97.4 cm³/mol. The molecule has 0 aromatic heterocycles. The summed E-state index contributed by atoms with van der Waals surface area (Å²) in [5, 5.41) is 6.97. The van der Waals surface area contributed by atoms with E-state index in [-0.39, 0.29) is 6.10 Å². The van der Waals surface area contributed by atoms with Gasteiger partial charge >= 0.3 is 0 Å². The fourth-order valence-corrected chi connectivity index (χ4v) is 4.57. The maximum Gasteiger partial charge on any atom is 0.106 e. The van der Waals surface area contributed by atoms with Crippen LogP contribution < -0.4 is 0 Å². The fraction of sp³-hybridized carbons (Fsp3) is 0.476. The van der Waals surface area contributed by atoms with E-state index in [2.05, 4.69) is 54.5 Å². The average Bonchev–Trinajstić information content (AvgIpc) is 3.01. The molecule has 0 saturated carbocycles. The molecule has 4 rings (SSSR count). The Balaban J connectivity index is 1.75. The van der Waals surface area contributed by atoms with Gasteiger partial charge in [0.2, 0.25) is 0 Å². The van der Waals surface area contributed by atoms with Crippen molar-refractivity contribution >= 4 is 16.5 Å². The summed E-state index contributed by atoms with van der Waals surface area (Å²) in [7, 11) is 1.64. The van der Waals surface area contributed by atoms with Gasteiger partial charge in [-0.05, 0) is 47.9 Å². The van der Waals surface area contributed by atoms with Crippen LogP contribution in [0.5, 0.6) is 0 Å². The number of oxime groups is 1. The van der Waals surface area contributed by atoms with Crippen molar-refractivity contribution in [2.45, 2.75) is 50.7 Å². The van der Waals surface area contributed by atoms with Crippen LogP contribution in [0.4, 0.5) is 0 Å². The minimum Gasteiger partial charge on any atom is -0.399 e. The Bertz CT molecular complexity index is 754. The molecule has 2 fully saturated rings. The van der Waals surface area contributed by atoms with Gasteiger partial charge in [0.05, 0.1) is 17.9 Å². The van der Waals surface area contributed by atoms with Crippen molar-refractivity contribution in [3.05, 3.63) is 48.0 Å². The normalized spacial score (nSPS) is 29.8. The smallest absolute Gasteiger partial charge is 0.106 e. The van der Waals surface area contributed by atoms with Crippen LogP contribution in [0, 0.1) is 5.92 Å². The molecule has 0 radical (unpaired) electrons. The molecule has 0 amide bonds. The Morgan fingerprint density at radius 2 is 2.00 bits per heavy atom. The lowest BCUT2D eigenvalue weighted by atomic mass is 9.75. The molecule has 2 bridgehead atoms. The summed E-state index contributed by atoms with van der Waals surface area (Å²) in [6.45, 7) is 2.16. The monoisotopic (exact) mass is 323 g/mol. The van der Waals surface area contributed by atoms with E-state index in [4.69, 9.17) is 9.57 Å². The molecular formula is C21H25NO2. The first-order valence-electron chi connectivity index (χ1n) is 9.04. The van der Waals surface area contributed by atoms with Crippen LogP contribution >= 0.6 is 0 Å².